The van der Waals surface area contributed by atoms with Gasteiger partial charge in [0.25, 0.3) is 5.92 Å². The number of benzene rings is 1. The summed E-state index contributed by atoms with van der Waals surface area (Å²) in [7, 11) is 0. The Kier molecular flexibility index (Phi) is 4.86. The zero-order valence-electron chi connectivity index (χ0n) is 13.3. The number of pyridine rings is 1. The van der Waals surface area contributed by atoms with Crippen molar-refractivity contribution >= 4 is 22.6 Å². The predicted molar refractivity (Wildman–Crippen MR) is 84.5 cm³/mol. The van der Waals surface area contributed by atoms with Crippen LogP contribution >= 0.6 is 0 Å². The van der Waals surface area contributed by atoms with E-state index in [9.17, 15) is 27.5 Å². The van der Waals surface area contributed by atoms with Gasteiger partial charge < -0.3 is 20.1 Å². The average Bonchev–Trinajstić information content (AvgIpc) is 2.91. The van der Waals surface area contributed by atoms with Gasteiger partial charge in [0.05, 0.1) is 24.9 Å². The van der Waals surface area contributed by atoms with E-state index in [0.717, 1.165) is 4.90 Å². The van der Waals surface area contributed by atoms with Crippen molar-refractivity contribution in [1.29, 1.82) is 0 Å². The van der Waals surface area contributed by atoms with Crippen molar-refractivity contribution < 1.29 is 32.2 Å². The number of aliphatic hydroxyl groups is 1. The van der Waals surface area contributed by atoms with E-state index in [1.54, 1.807) is 0 Å². The second-order valence-corrected chi connectivity index (χ2v) is 5.84. The number of hydrogen-bond acceptors (Lipinski definition) is 4. The van der Waals surface area contributed by atoms with E-state index in [-0.39, 0.29) is 17.0 Å². The molecule has 0 aliphatic carbocycles. The largest absolute Gasteiger partial charge is 0.432 e. The van der Waals surface area contributed by atoms with Crippen LogP contribution in [0.1, 0.15) is 6.42 Å². The first kappa shape index (κ1) is 18.2. The third-order valence-corrected chi connectivity index (χ3v) is 4.04. The number of carbonyl (C=O) groups excluding carboxylic acids is 1. The summed E-state index contributed by atoms with van der Waals surface area (Å²) in [5, 5.41) is 12.0. The lowest BCUT2D eigenvalue weighted by Crippen LogP contribution is -2.41. The highest BCUT2D eigenvalue weighted by Gasteiger charge is 2.46. The molecule has 2 aromatic rings. The molecule has 0 bridgehead atoms. The molecule has 1 saturated heterocycles. The topological polar surface area (TPSA) is 74.7 Å². The third kappa shape index (κ3) is 3.64. The molecule has 3 rings (SSSR count). The molecule has 1 aromatic carbocycles. The van der Waals surface area contributed by atoms with Crippen LogP contribution in [-0.4, -0.2) is 52.7 Å². The molecule has 0 spiro atoms. The SMILES string of the molecule is O=C(Nc1ccc(OC(F)F)c2ncccc12)N1CC(F)(F)CC1CO. The molecule has 26 heavy (non-hydrogen) atoms. The zero-order chi connectivity index (χ0) is 18.9. The quantitative estimate of drug-likeness (QED) is 0.808. The minimum Gasteiger partial charge on any atom is -0.432 e. The zero-order valence-corrected chi connectivity index (χ0v) is 13.3. The van der Waals surface area contributed by atoms with E-state index < -0.39 is 44.2 Å². The van der Waals surface area contributed by atoms with Gasteiger partial charge in [-0.05, 0) is 24.3 Å². The molecule has 0 radical (unpaired) electrons. The van der Waals surface area contributed by atoms with Crippen molar-refractivity contribution in [3.8, 4) is 5.75 Å². The van der Waals surface area contributed by atoms with Crippen LogP contribution < -0.4 is 10.1 Å². The van der Waals surface area contributed by atoms with Crippen molar-refractivity contribution in [3.63, 3.8) is 0 Å². The summed E-state index contributed by atoms with van der Waals surface area (Å²) in [6.07, 6.45) is 0.746. The van der Waals surface area contributed by atoms with Crippen LogP contribution in [0.25, 0.3) is 10.9 Å². The van der Waals surface area contributed by atoms with Crippen molar-refractivity contribution in [2.24, 2.45) is 0 Å². The maximum Gasteiger partial charge on any atom is 0.387 e. The van der Waals surface area contributed by atoms with Crippen LogP contribution in [-0.2, 0) is 0 Å². The number of aromatic nitrogens is 1. The fraction of sp³-hybridized carbons (Fsp3) is 0.375. The van der Waals surface area contributed by atoms with Crippen LogP contribution in [0.15, 0.2) is 30.5 Å². The number of nitrogens with zero attached hydrogens (tertiary/aromatic N) is 2. The highest BCUT2D eigenvalue weighted by molar-refractivity contribution is 6.02. The number of nitrogens with one attached hydrogen (secondary N) is 1. The molecule has 2 amide bonds. The van der Waals surface area contributed by atoms with Gasteiger partial charge in [-0.25, -0.2) is 13.6 Å². The number of likely N-dealkylation sites (tertiary alicyclic amines) is 1. The molecule has 0 saturated carbocycles. The standard InChI is InChI=1S/C16H15F4N3O3/c17-14(18)26-12-4-3-11(10-2-1-5-21-13(10)12)22-15(25)23-8-16(19,20)6-9(23)7-24/h1-5,9,14,24H,6-8H2,(H,22,25). The van der Waals surface area contributed by atoms with Crippen molar-refractivity contribution in [3.05, 3.63) is 30.5 Å². The molecule has 2 heterocycles. The predicted octanol–water partition coefficient (Wildman–Crippen LogP) is 3.07. The van der Waals surface area contributed by atoms with E-state index >= 15 is 0 Å². The number of halogens is 4. The first-order valence-electron chi connectivity index (χ1n) is 7.69. The number of alkyl halides is 4. The lowest BCUT2D eigenvalue weighted by atomic mass is 10.1. The number of amides is 2. The second-order valence-electron chi connectivity index (χ2n) is 5.84. The maximum absolute atomic E-state index is 13.5. The Morgan fingerprint density at radius 2 is 2.19 bits per heavy atom. The van der Waals surface area contributed by atoms with Gasteiger partial charge in [-0.15, -0.1) is 0 Å². The summed E-state index contributed by atoms with van der Waals surface area (Å²) < 4.78 is 56.4. The van der Waals surface area contributed by atoms with Crippen LogP contribution in [0, 0.1) is 0 Å². The van der Waals surface area contributed by atoms with Crippen molar-refractivity contribution in [2.75, 3.05) is 18.5 Å². The lowest BCUT2D eigenvalue weighted by Gasteiger charge is -2.23. The smallest absolute Gasteiger partial charge is 0.387 e. The summed E-state index contributed by atoms with van der Waals surface area (Å²) in [4.78, 5) is 17.2. The van der Waals surface area contributed by atoms with Crippen molar-refractivity contribution in [1.82, 2.24) is 9.88 Å². The normalized spacial score (nSPS) is 19.2. The van der Waals surface area contributed by atoms with Gasteiger partial charge in [0.1, 0.15) is 5.52 Å². The molecule has 1 aromatic heterocycles. The number of rotatable bonds is 4. The summed E-state index contributed by atoms with van der Waals surface area (Å²) in [5.41, 5.74) is 0.294. The molecule has 1 unspecified atom stereocenters. The Labute approximate surface area is 145 Å². The minimum absolute atomic E-state index is 0.0936. The molecule has 1 atom stereocenters. The van der Waals surface area contributed by atoms with E-state index in [1.807, 2.05) is 0 Å². The second kappa shape index (κ2) is 6.94. The summed E-state index contributed by atoms with van der Waals surface area (Å²) in [6.45, 7) is -4.45. The van der Waals surface area contributed by atoms with Crippen LogP contribution in [0.4, 0.5) is 28.0 Å². The van der Waals surface area contributed by atoms with Crippen LogP contribution in [0.5, 0.6) is 5.75 Å². The van der Waals surface area contributed by atoms with Gasteiger partial charge in [-0.3, -0.25) is 4.98 Å². The van der Waals surface area contributed by atoms with E-state index in [4.69, 9.17) is 0 Å². The molecular weight excluding hydrogens is 358 g/mol. The van der Waals surface area contributed by atoms with Gasteiger partial charge in [-0.2, -0.15) is 8.78 Å². The highest BCUT2D eigenvalue weighted by Crippen LogP contribution is 2.34. The van der Waals surface area contributed by atoms with Gasteiger partial charge in [-0.1, -0.05) is 0 Å². The third-order valence-electron chi connectivity index (χ3n) is 4.04. The monoisotopic (exact) mass is 373 g/mol. The Morgan fingerprint density at radius 1 is 1.42 bits per heavy atom. The Morgan fingerprint density at radius 3 is 2.88 bits per heavy atom. The minimum atomic E-state index is -3.08. The average molecular weight is 373 g/mol. The maximum atomic E-state index is 13.5. The van der Waals surface area contributed by atoms with Crippen LogP contribution in [0.3, 0.4) is 0 Å². The number of ether oxygens (including phenoxy) is 1. The first-order valence-corrected chi connectivity index (χ1v) is 7.69. The number of aliphatic hydroxyl groups excluding tert-OH is 1. The molecule has 10 heteroatoms. The van der Waals surface area contributed by atoms with Gasteiger partial charge >= 0.3 is 12.6 Å². The number of hydrogen-bond donors (Lipinski definition) is 2. The van der Waals surface area contributed by atoms with Gasteiger partial charge in [0.15, 0.2) is 5.75 Å². The molecule has 1 aliphatic heterocycles. The lowest BCUT2D eigenvalue weighted by molar-refractivity contribution is -0.0489. The Balaban J connectivity index is 1.88. The fourth-order valence-electron chi connectivity index (χ4n) is 2.93. The fourth-order valence-corrected chi connectivity index (χ4v) is 2.93. The van der Waals surface area contributed by atoms with Crippen LogP contribution in [0.2, 0.25) is 0 Å². The summed E-state index contributed by atoms with van der Waals surface area (Å²) >= 11 is 0. The Bertz CT molecular complexity index is 818. The molecule has 2 N–H and O–H groups in total. The molecule has 140 valence electrons. The van der Waals surface area contributed by atoms with E-state index in [0.29, 0.717) is 5.39 Å². The molecule has 6 nitrogen and oxygen atoms in total. The number of carbonyl (C=O) groups is 1. The molecule has 1 fully saturated rings. The highest BCUT2D eigenvalue weighted by atomic mass is 19.3. The number of anilines is 1. The van der Waals surface area contributed by atoms with Gasteiger partial charge in [0, 0.05) is 18.0 Å². The summed E-state index contributed by atoms with van der Waals surface area (Å²) in [6, 6.07) is 3.76. The van der Waals surface area contributed by atoms with Gasteiger partial charge in [0.2, 0.25) is 0 Å². The van der Waals surface area contributed by atoms with E-state index in [2.05, 4.69) is 15.0 Å². The molecule has 1 aliphatic rings. The first-order chi connectivity index (χ1) is 12.3. The van der Waals surface area contributed by atoms with Crippen molar-refractivity contribution in [2.45, 2.75) is 25.0 Å². The number of fused-ring (bicyclic) bond motifs is 1. The Hall–Kier alpha value is -2.62. The number of urea groups is 1. The molecular formula is C16H15F4N3O3. The van der Waals surface area contributed by atoms with E-state index in [1.165, 1.54) is 30.5 Å². The summed E-state index contributed by atoms with van der Waals surface area (Å²) in [5.74, 6) is -3.25.